The Morgan fingerprint density at radius 2 is 2.04 bits per heavy atom. The van der Waals surface area contributed by atoms with E-state index in [1.54, 1.807) is 0 Å². The molecule has 0 saturated carbocycles. The van der Waals surface area contributed by atoms with Gasteiger partial charge in [0.2, 0.25) is 0 Å². The zero-order valence-electron chi connectivity index (χ0n) is 11.3. The van der Waals surface area contributed by atoms with E-state index in [1.807, 2.05) is 0 Å². The predicted octanol–water partition coefficient (Wildman–Crippen LogP) is 4.52. The van der Waals surface area contributed by atoms with Crippen LogP contribution >= 0.6 is 22.9 Å². The summed E-state index contributed by atoms with van der Waals surface area (Å²) in [5.41, 5.74) is 0.279. The Kier molecular flexibility index (Phi) is 3.81. The largest absolute Gasteiger partial charge is 0.478 e. The van der Waals surface area contributed by atoms with Crippen LogP contribution in [0.5, 0.6) is 0 Å². The number of hydrogen-bond donors (Lipinski definition) is 1. The molecule has 0 bridgehead atoms. The van der Waals surface area contributed by atoms with Gasteiger partial charge < -0.3 is 5.11 Å². The lowest BCUT2D eigenvalue weighted by Crippen LogP contribution is -2.05. The summed E-state index contributed by atoms with van der Waals surface area (Å²) >= 11 is 6.62. The van der Waals surface area contributed by atoms with Crippen molar-refractivity contribution >= 4 is 39.8 Å². The molecular formula is C14H8ClF3N2O2S. The molecule has 0 aliphatic carbocycles. The third kappa shape index (κ3) is 2.91. The molecule has 0 atom stereocenters. The highest BCUT2D eigenvalue weighted by Gasteiger charge is 2.32. The summed E-state index contributed by atoms with van der Waals surface area (Å²) in [6.07, 6.45) is -2.99. The average molecular weight is 361 g/mol. The van der Waals surface area contributed by atoms with Crippen LogP contribution in [0.25, 0.3) is 10.9 Å². The number of aromatic nitrogens is 2. The molecule has 3 rings (SSSR count). The highest BCUT2D eigenvalue weighted by atomic mass is 35.5. The van der Waals surface area contributed by atoms with E-state index in [1.165, 1.54) is 29.1 Å². The summed E-state index contributed by atoms with van der Waals surface area (Å²) in [5, 5.41) is 14.1. The smallest absolute Gasteiger partial charge is 0.425 e. The first kappa shape index (κ1) is 15.8. The zero-order valence-corrected chi connectivity index (χ0v) is 12.8. The van der Waals surface area contributed by atoms with Crippen molar-refractivity contribution in [2.45, 2.75) is 12.7 Å². The second-order valence-electron chi connectivity index (χ2n) is 4.73. The van der Waals surface area contributed by atoms with Crippen LogP contribution in [0.3, 0.4) is 0 Å². The number of rotatable bonds is 3. The van der Waals surface area contributed by atoms with E-state index in [9.17, 15) is 23.1 Å². The Labute approximate surface area is 136 Å². The molecule has 2 heterocycles. The van der Waals surface area contributed by atoms with Crippen molar-refractivity contribution in [1.82, 2.24) is 9.78 Å². The highest BCUT2D eigenvalue weighted by molar-refractivity contribution is 7.12. The van der Waals surface area contributed by atoms with Gasteiger partial charge in [-0.15, -0.1) is 11.3 Å². The topological polar surface area (TPSA) is 55.1 Å². The normalized spacial score (nSPS) is 12.0. The Morgan fingerprint density at radius 3 is 2.65 bits per heavy atom. The number of alkyl halides is 3. The molecule has 1 N–H and O–H groups in total. The molecular weight excluding hydrogens is 353 g/mol. The van der Waals surface area contributed by atoms with Crippen molar-refractivity contribution in [2.75, 3.05) is 0 Å². The molecule has 3 aromatic rings. The molecule has 0 amide bonds. The van der Waals surface area contributed by atoms with Gasteiger partial charge in [-0.25, -0.2) is 4.79 Å². The van der Waals surface area contributed by atoms with E-state index in [2.05, 4.69) is 5.10 Å². The van der Waals surface area contributed by atoms with Crippen molar-refractivity contribution in [1.29, 1.82) is 0 Å². The summed E-state index contributed by atoms with van der Waals surface area (Å²) in [6, 6.07) is 5.15. The average Bonchev–Trinajstić information content (AvgIpc) is 3.07. The summed E-state index contributed by atoms with van der Waals surface area (Å²) < 4.78 is 39.3. The lowest BCUT2D eigenvalue weighted by molar-refractivity contribution is -0.134. The van der Waals surface area contributed by atoms with Crippen LogP contribution in [0, 0.1) is 0 Å². The maximum atomic E-state index is 12.6. The number of fused-ring (bicyclic) bond motifs is 1. The van der Waals surface area contributed by atoms with Crippen molar-refractivity contribution in [3.05, 3.63) is 50.8 Å². The Hall–Kier alpha value is -2.06. The molecule has 1 aromatic carbocycles. The zero-order chi connectivity index (χ0) is 16.8. The fourth-order valence-electron chi connectivity index (χ4n) is 2.22. The quantitative estimate of drug-likeness (QED) is 0.747. The first-order chi connectivity index (χ1) is 10.8. The van der Waals surface area contributed by atoms with Crippen LogP contribution in [0.1, 0.15) is 20.1 Å². The Bertz CT molecular complexity index is 901. The number of aromatic carboxylic acids is 1. The van der Waals surface area contributed by atoms with Gasteiger partial charge in [0.15, 0.2) is 0 Å². The second kappa shape index (κ2) is 5.54. The van der Waals surface area contributed by atoms with E-state index in [0.29, 0.717) is 26.6 Å². The Balaban J connectivity index is 2.05. The first-order valence-corrected chi connectivity index (χ1v) is 7.50. The van der Waals surface area contributed by atoms with Gasteiger partial charge in [-0.3, -0.25) is 4.68 Å². The van der Waals surface area contributed by atoms with E-state index < -0.39 is 17.0 Å². The third-order valence-electron chi connectivity index (χ3n) is 3.23. The van der Waals surface area contributed by atoms with Gasteiger partial charge in [0.05, 0.1) is 28.8 Å². The SMILES string of the molecule is O=C(O)c1ccc(Cl)c2cnn(Cc3ccc(C(F)(F)F)s3)c12. The minimum atomic E-state index is -4.40. The molecule has 0 spiro atoms. The van der Waals surface area contributed by atoms with Crippen LogP contribution in [0.15, 0.2) is 30.5 Å². The number of benzene rings is 1. The lowest BCUT2D eigenvalue weighted by atomic mass is 10.1. The van der Waals surface area contributed by atoms with Gasteiger partial charge in [-0.2, -0.15) is 18.3 Å². The second-order valence-corrected chi connectivity index (χ2v) is 6.30. The number of thiophene rings is 1. The van der Waals surface area contributed by atoms with Crippen LogP contribution in [-0.2, 0) is 12.7 Å². The van der Waals surface area contributed by atoms with Crippen LogP contribution in [0.2, 0.25) is 5.02 Å². The highest BCUT2D eigenvalue weighted by Crippen LogP contribution is 2.35. The maximum absolute atomic E-state index is 12.6. The maximum Gasteiger partial charge on any atom is 0.425 e. The molecule has 23 heavy (non-hydrogen) atoms. The summed E-state index contributed by atoms with van der Waals surface area (Å²) in [5.74, 6) is -1.16. The summed E-state index contributed by atoms with van der Waals surface area (Å²) in [6.45, 7) is 0.0326. The molecule has 0 unspecified atom stereocenters. The molecule has 120 valence electrons. The number of carboxylic acid groups (broad SMARTS) is 1. The van der Waals surface area contributed by atoms with Gasteiger partial charge in [0, 0.05) is 10.3 Å². The van der Waals surface area contributed by atoms with Crippen LogP contribution in [0.4, 0.5) is 13.2 Å². The molecule has 0 saturated heterocycles. The molecule has 9 heteroatoms. The standard InChI is InChI=1S/C14H8ClF3N2O2S/c15-10-3-2-8(13(21)22)12-9(10)5-19-20(12)6-7-1-4-11(23-7)14(16,17)18/h1-5H,6H2,(H,21,22). The van der Waals surface area contributed by atoms with Crippen LogP contribution < -0.4 is 0 Å². The number of halogens is 4. The molecule has 0 radical (unpaired) electrons. The van der Waals surface area contributed by atoms with Crippen molar-refractivity contribution in [2.24, 2.45) is 0 Å². The van der Waals surface area contributed by atoms with Crippen molar-refractivity contribution in [3.8, 4) is 0 Å². The van der Waals surface area contributed by atoms with Gasteiger partial charge in [0.25, 0.3) is 0 Å². The lowest BCUT2D eigenvalue weighted by Gasteiger charge is -2.06. The van der Waals surface area contributed by atoms with Gasteiger partial charge in [0.1, 0.15) is 4.88 Å². The van der Waals surface area contributed by atoms with E-state index >= 15 is 0 Å². The van der Waals surface area contributed by atoms with Crippen molar-refractivity contribution < 1.29 is 23.1 Å². The minimum absolute atomic E-state index is 0.00509. The number of carbonyl (C=O) groups is 1. The number of hydrogen-bond acceptors (Lipinski definition) is 3. The number of nitrogens with zero attached hydrogens (tertiary/aromatic N) is 2. The summed E-state index contributed by atoms with van der Waals surface area (Å²) in [4.78, 5) is 11.0. The first-order valence-electron chi connectivity index (χ1n) is 6.30. The predicted molar refractivity (Wildman–Crippen MR) is 80.1 cm³/mol. The fraction of sp³-hybridized carbons (Fsp3) is 0.143. The molecule has 0 aliphatic rings. The van der Waals surface area contributed by atoms with E-state index in [-0.39, 0.29) is 17.6 Å². The molecule has 0 aliphatic heterocycles. The summed E-state index contributed by atoms with van der Waals surface area (Å²) in [7, 11) is 0. The van der Waals surface area contributed by atoms with E-state index in [4.69, 9.17) is 11.6 Å². The molecule has 0 fully saturated rings. The van der Waals surface area contributed by atoms with Gasteiger partial charge in [-0.05, 0) is 24.3 Å². The van der Waals surface area contributed by atoms with Gasteiger partial charge in [-0.1, -0.05) is 11.6 Å². The third-order valence-corrected chi connectivity index (χ3v) is 4.67. The number of carboxylic acids is 1. The monoisotopic (exact) mass is 360 g/mol. The van der Waals surface area contributed by atoms with E-state index in [0.717, 1.165) is 6.07 Å². The molecule has 4 nitrogen and oxygen atoms in total. The Morgan fingerprint density at radius 1 is 1.30 bits per heavy atom. The van der Waals surface area contributed by atoms with Gasteiger partial charge >= 0.3 is 12.1 Å². The minimum Gasteiger partial charge on any atom is -0.478 e. The van der Waals surface area contributed by atoms with Crippen molar-refractivity contribution in [3.63, 3.8) is 0 Å². The fourth-order valence-corrected chi connectivity index (χ4v) is 3.28. The van der Waals surface area contributed by atoms with Crippen LogP contribution in [-0.4, -0.2) is 20.9 Å². The molecule has 2 aromatic heterocycles.